The summed E-state index contributed by atoms with van der Waals surface area (Å²) in [4.78, 5) is 28.5. The second-order valence-electron chi connectivity index (χ2n) is 3.43. The van der Waals surface area contributed by atoms with Gasteiger partial charge in [-0.3, -0.25) is 4.79 Å². The van der Waals surface area contributed by atoms with E-state index in [-0.39, 0.29) is 12.6 Å². The molecule has 94 valence electrons. The van der Waals surface area contributed by atoms with Crippen molar-refractivity contribution in [2.24, 2.45) is 0 Å². The van der Waals surface area contributed by atoms with E-state index < -0.39 is 5.97 Å². The first-order valence-corrected chi connectivity index (χ1v) is 6.06. The summed E-state index contributed by atoms with van der Waals surface area (Å²) in [5, 5.41) is 11.3. The summed E-state index contributed by atoms with van der Waals surface area (Å²) in [5.74, 6) is -1.02. The largest absolute Gasteiger partial charge is 0.480 e. The van der Waals surface area contributed by atoms with E-state index in [2.05, 4.69) is 10.3 Å². The maximum Gasteiger partial charge on any atom is 0.323 e. The molecule has 0 saturated heterocycles. The van der Waals surface area contributed by atoms with Crippen LogP contribution in [0.3, 0.4) is 0 Å². The quantitative estimate of drug-likeness (QED) is 0.826. The van der Waals surface area contributed by atoms with Gasteiger partial charge in [-0.05, 0) is 13.8 Å². The normalized spacial score (nSPS) is 10.0. The molecule has 0 aliphatic heterocycles. The van der Waals surface area contributed by atoms with Crippen LogP contribution in [0, 0.1) is 6.92 Å². The summed E-state index contributed by atoms with van der Waals surface area (Å²) in [6.07, 6.45) is 0. The van der Waals surface area contributed by atoms with Crippen LogP contribution in [0.5, 0.6) is 0 Å². The van der Waals surface area contributed by atoms with Gasteiger partial charge in [-0.15, -0.1) is 11.3 Å². The zero-order valence-electron chi connectivity index (χ0n) is 9.77. The predicted molar refractivity (Wildman–Crippen MR) is 64.0 cm³/mol. The SMILES string of the molecule is CCN(CC(=O)O)C(=O)NCc1scnc1C. The minimum absolute atomic E-state index is 0.288. The molecule has 0 unspecified atom stereocenters. The van der Waals surface area contributed by atoms with Crippen LogP contribution in [0.1, 0.15) is 17.5 Å². The van der Waals surface area contributed by atoms with Crippen LogP contribution in [0.2, 0.25) is 0 Å². The Balaban J connectivity index is 2.48. The molecule has 1 heterocycles. The number of hydrogen-bond donors (Lipinski definition) is 2. The number of urea groups is 1. The number of nitrogens with one attached hydrogen (secondary N) is 1. The van der Waals surface area contributed by atoms with Crippen LogP contribution in [0.25, 0.3) is 0 Å². The lowest BCUT2D eigenvalue weighted by atomic mass is 10.4. The molecule has 1 aromatic rings. The van der Waals surface area contributed by atoms with Crippen LogP contribution < -0.4 is 5.32 Å². The Labute approximate surface area is 103 Å². The highest BCUT2D eigenvalue weighted by Gasteiger charge is 2.14. The van der Waals surface area contributed by atoms with Gasteiger partial charge in [0, 0.05) is 11.4 Å². The van der Waals surface area contributed by atoms with Gasteiger partial charge >= 0.3 is 12.0 Å². The van der Waals surface area contributed by atoms with Gasteiger partial charge in [-0.25, -0.2) is 9.78 Å². The summed E-state index contributed by atoms with van der Waals surface area (Å²) in [7, 11) is 0. The third-order valence-corrected chi connectivity index (χ3v) is 3.18. The van der Waals surface area contributed by atoms with Crippen molar-refractivity contribution in [3.05, 3.63) is 16.1 Å². The Hall–Kier alpha value is -1.63. The van der Waals surface area contributed by atoms with Gasteiger partial charge in [0.25, 0.3) is 0 Å². The van der Waals surface area contributed by atoms with E-state index in [0.717, 1.165) is 10.6 Å². The maximum absolute atomic E-state index is 11.7. The summed E-state index contributed by atoms with van der Waals surface area (Å²) in [6.45, 7) is 4.06. The predicted octanol–water partition coefficient (Wildman–Crippen LogP) is 1.07. The number of thiazole rings is 1. The molecule has 0 spiro atoms. The number of aromatic nitrogens is 1. The minimum atomic E-state index is -1.02. The molecule has 2 amide bonds. The Kier molecular flexibility index (Phi) is 4.89. The highest BCUT2D eigenvalue weighted by molar-refractivity contribution is 7.09. The highest BCUT2D eigenvalue weighted by atomic mass is 32.1. The Morgan fingerprint density at radius 2 is 2.29 bits per heavy atom. The molecule has 0 aliphatic carbocycles. The van der Waals surface area contributed by atoms with E-state index in [1.165, 1.54) is 16.2 Å². The van der Waals surface area contributed by atoms with Crippen LogP contribution in [-0.4, -0.2) is 40.1 Å². The van der Waals surface area contributed by atoms with E-state index in [1.54, 1.807) is 12.4 Å². The topological polar surface area (TPSA) is 82.5 Å². The summed E-state index contributed by atoms with van der Waals surface area (Å²) in [6, 6.07) is -0.372. The van der Waals surface area contributed by atoms with E-state index >= 15 is 0 Å². The monoisotopic (exact) mass is 257 g/mol. The molecular weight excluding hydrogens is 242 g/mol. The van der Waals surface area contributed by atoms with E-state index in [4.69, 9.17) is 5.11 Å². The second kappa shape index (κ2) is 6.19. The fourth-order valence-electron chi connectivity index (χ4n) is 1.25. The fourth-order valence-corrected chi connectivity index (χ4v) is 1.97. The lowest BCUT2D eigenvalue weighted by Crippen LogP contribution is -2.42. The van der Waals surface area contributed by atoms with Crippen molar-refractivity contribution in [2.75, 3.05) is 13.1 Å². The Morgan fingerprint density at radius 1 is 1.59 bits per heavy atom. The van der Waals surface area contributed by atoms with Crippen molar-refractivity contribution in [1.82, 2.24) is 15.2 Å². The van der Waals surface area contributed by atoms with Gasteiger partial charge in [0.2, 0.25) is 0 Å². The first-order valence-electron chi connectivity index (χ1n) is 5.18. The number of nitrogens with zero attached hydrogens (tertiary/aromatic N) is 2. The van der Waals surface area contributed by atoms with Crippen molar-refractivity contribution >= 4 is 23.3 Å². The van der Waals surface area contributed by atoms with Gasteiger partial charge in [0.1, 0.15) is 6.54 Å². The number of aliphatic carboxylic acids is 1. The lowest BCUT2D eigenvalue weighted by Gasteiger charge is -2.18. The maximum atomic E-state index is 11.7. The molecule has 6 nitrogen and oxygen atoms in total. The van der Waals surface area contributed by atoms with Crippen LogP contribution in [-0.2, 0) is 11.3 Å². The Bertz CT molecular complexity index is 405. The van der Waals surface area contributed by atoms with Gasteiger partial charge in [-0.2, -0.15) is 0 Å². The summed E-state index contributed by atoms with van der Waals surface area (Å²) in [5.41, 5.74) is 2.60. The van der Waals surface area contributed by atoms with Crippen molar-refractivity contribution in [1.29, 1.82) is 0 Å². The van der Waals surface area contributed by atoms with Gasteiger partial charge < -0.3 is 15.3 Å². The zero-order chi connectivity index (χ0) is 12.8. The molecule has 0 fully saturated rings. The summed E-state index contributed by atoms with van der Waals surface area (Å²) >= 11 is 1.46. The van der Waals surface area contributed by atoms with Gasteiger partial charge in [-0.1, -0.05) is 0 Å². The number of amides is 2. The first kappa shape index (κ1) is 13.4. The average molecular weight is 257 g/mol. The number of carbonyl (C=O) groups is 2. The number of carboxylic acid groups (broad SMARTS) is 1. The van der Waals surface area contributed by atoms with Crippen LogP contribution in [0.15, 0.2) is 5.51 Å². The van der Waals surface area contributed by atoms with E-state index in [9.17, 15) is 9.59 Å². The lowest BCUT2D eigenvalue weighted by molar-refractivity contribution is -0.137. The number of carbonyl (C=O) groups excluding carboxylic acids is 1. The van der Waals surface area contributed by atoms with Crippen molar-refractivity contribution in [3.8, 4) is 0 Å². The summed E-state index contributed by atoms with van der Waals surface area (Å²) < 4.78 is 0. The molecule has 17 heavy (non-hydrogen) atoms. The zero-order valence-corrected chi connectivity index (χ0v) is 10.6. The molecular formula is C10H15N3O3S. The Morgan fingerprint density at radius 3 is 2.76 bits per heavy atom. The molecule has 1 aromatic heterocycles. The molecule has 0 saturated carbocycles. The minimum Gasteiger partial charge on any atom is -0.480 e. The average Bonchev–Trinajstić information content (AvgIpc) is 2.68. The second-order valence-corrected chi connectivity index (χ2v) is 4.37. The van der Waals surface area contributed by atoms with Crippen molar-refractivity contribution in [3.63, 3.8) is 0 Å². The van der Waals surface area contributed by atoms with Gasteiger partial charge in [0.15, 0.2) is 0 Å². The number of carboxylic acids is 1. The van der Waals surface area contributed by atoms with E-state index in [0.29, 0.717) is 13.1 Å². The smallest absolute Gasteiger partial charge is 0.323 e. The number of aryl methyl sites for hydroxylation is 1. The molecule has 0 aliphatic rings. The highest BCUT2D eigenvalue weighted by Crippen LogP contribution is 2.11. The van der Waals surface area contributed by atoms with Crippen molar-refractivity contribution in [2.45, 2.75) is 20.4 Å². The molecule has 2 N–H and O–H groups in total. The molecule has 0 radical (unpaired) electrons. The third-order valence-electron chi connectivity index (χ3n) is 2.24. The first-order chi connectivity index (χ1) is 8.04. The van der Waals surface area contributed by atoms with Crippen LogP contribution >= 0.6 is 11.3 Å². The standard InChI is InChI=1S/C10H15N3O3S/c1-3-13(5-9(14)15)10(16)11-4-8-7(2)12-6-17-8/h6H,3-5H2,1-2H3,(H,11,16)(H,14,15). The van der Waals surface area contributed by atoms with Crippen molar-refractivity contribution < 1.29 is 14.7 Å². The fraction of sp³-hybridized carbons (Fsp3) is 0.500. The van der Waals surface area contributed by atoms with Gasteiger partial charge in [0.05, 0.1) is 17.7 Å². The number of likely N-dealkylation sites (N-methyl/N-ethyl adjacent to an activating group) is 1. The van der Waals surface area contributed by atoms with E-state index in [1.807, 2.05) is 6.92 Å². The number of hydrogen-bond acceptors (Lipinski definition) is 4. The third kappa shape index (κ3) is 4.03. The molecule has 1 rings (SSSR count). The number of rotatable bonds is 5. The van der Waals surface area contributed by atoms with Crippen LogP contribution in [0.4, 0.5) is 4.79 Å². The molecule has 0 atom stereocenters. The molecule has 0 bridgehead atoms. The molecule has 0 aromatic carbocycles. The molecule has 7 heteroatoms.